The van der Waals surface area contributed by atoms with Crippen LogP contribution in [0, 0.1) is 10.1 Å². The highest BCUT2D eigenvalue weighted by Gasteiger charge is 2.21. The van der Waals surface area contributed by atoms with Gasteiger partial charge in [-0.15, -0.1) is 0 Å². The lowest BCUT2D eigenvalue weighted by molar-refractivity contribution is -0.384. The molecule has 154 valence electrons. The number of ether oxygens (including phenoxy) is 1. The highest BCUT2D eigenvalue weighted by Crippen LogP contribution is 2.35. The second-order valence-electron chi connectivity index (χ2n) is 7.14. The summed E-state index contributed by atoms with van der Waals surface area (Å²) in [5, 5.41) is 13.8. The van der Waals surface area contributed by atoms with Crippen molar-refractivity contribution in [1.29, 1.82) is 0 Å². The summed E-state index contributed by atoms with van der Waals surface area (Å²) in [5.74, 6) is 0. The van der Waals surface area contributed by atoms with Crippen molar-refractivity contribution in [2.75, 3.05) is 13.2 Å². The fourth-order valence-electron chi connectivity index (χ4n) is 3.75. The lowest BCUT2D eigenvalue weighted by Crippen LogP contribution is -2.08. The van der Waals surface area contributed by atoms with Crippen molar-refractivity contribution in [3.63, 3.8) is 0 Å². The normalized spacial score (nSPS) is 11.2. The van der Waals surface area contributed by atoms with Crippen molar-refractivity contribution in [2.24, 2.45) is 0 Å². The maximum atomic E-state index is 11.8. The number of aromatic nitrogens is 3. The van der Waals surface area contributed by atoms with Gasteiger partial charge in [0.05, 0.1) is 35.2 Å². The summed E-state index contributed by atoms with van der Waals surface area (Å²) in [6, 6.07) is 13.8. The Balaban J connectivity index is 1.65. The van der Waals surface area contributed by atoms with Gasteiger partial charge in [0.2, 0.25) is 0 Å². The van der Waals surface area contributed by atoms with Gasteiger partial charge in [-0.3, -0.25) is 10.1 Å². The average molecular weight is 404 g/mol. The van der Waals surface area contributed by atoms with Crippen LogP contribution in [0.3, 0.4) is 0 Å². The molecule has 7 nitrogen and oxygen atoms in total. The van der Waals surface area contributed by atoms with E-state index >= 15 is 0 Å². The van der Waals surface area contributed by atoms with Crippen LogP contribution in [0.15, 0.2) is 67.4 Å². The number of nitrogens with zero attached hydrogens (tertiary/aromatic N) is 4. The van der Waals surface area contributed by atoms with Gasteiger partial charge in [-0.25, -0.2) is 4.98 Å². The number of fused-ring (bicyclic) bond motifs is 1. The second-order valence-corrected chi connectivity index (χ2v) is 7.14. The number of nitro groups is 1. The van der Waals surface area contributed by atoms with E-state index in [0.29, 0.717) is 25.3 Å². The van der Waals surface area contributed by atoms with Crippen LogP contribution in [0.1, 0.15) is 19.0 Å². The molecule has 0 amide bonds. The zero-order chi connectivity index (χ0) is 20.9. The molecule has 0 aliphatic rings. The standard InChI is InChI=1S/C23H24N4O3/c1-2-30-12-6-11-26-17-24-13-19(26)14-25-15-22(23(16-25)27(28)29)21-10-5-8-18-7-3-4-9-20(18)21/h3-5,7-10,13,15-17H,2,6,11-12,14H2,1H3. The Bertz CT molecular complexity index is 1160. The highest BCUT2D eigenvalue weighted by atomic mass is 16.6. The minimum Gasteiger partial charge on any atom is -0.382 e. The van der Waals surface area contributed by atoms with Gasteiger partial charge < -0.3 is 13.9 Å². The molecule has 2 aromatic carbocycles. The van der Waals surface area contributed by atoms with E-state index in [1.165, 1.54) is 0 Å². The van der Waals surface area contributed by atoms with E-state index in [1.54, 1.807) is 12.5 Å². The number of hydrogen-bond acceptors (Lipinski definition) is 4. The van der Waals surface area contributed by atoms with Crippen LogP contribution in [0.25, 0.3) is 21.9 Å². The molecule has 0 aliphatic heterocycles. The molecule has 4 aromatic rings. The number of rotatable bonds is 9. The van der Waals surface area contributed by atoms with Crippen LogP contribution >= 0.6 is 0 Å². The molecule has 30 heavy (non-hydrogen) atoms. The third-order valence-corrected chi connectivity index (χ3v) is 5.17. The molecule has 2 aromatic heterocycles. The van der Waals surface area contributed by atoms with Gasteiger partial charge in [-0.2, -0.15) is 0 Å². The van der Waals surface area contributed by atoms with Crippen LogP contribution < -0.4 is 0 Å². The van der Waals surface area contributed by atoms with Gasteiger partial charge in [-0.05, 0) is 29.7 Å². The molecule has 0 N–H and O–H groups in total. The van der Waals surface area contributed by atoms with E-state index in [2.05, 4.69) is 9.55 Å². The first-order chi connectivity index (χ1) is 14.7. The Morgan fingerprint density at radius 2 is 1.93 bits per heavy atom. The molecule has 4 rings (SSSR count). The largest absolute Gasteiger partial charge is 0.382 e. The van der Waals surface area contributed by atoms with Crippen molar-refractivity contribution in [2.45, 2.75) is 26.4 Å². The lowest BCUT2D eigenvalue weighted by Gasteiger charge is -2.09. The zero-order valence-corrected chi connectivity index (χ0v) is 16.9. The van der Waals surface area contributed by atoms with Crippen molar-refractivity contribution < 1.29 is 9.66 Å². The van der Waals surface area contributed by atoms with E-state index in [9.17, 15) is 10.1 Å². The molecule has 0 unspecified atom stereocenters. The number of aryl methyl sites for hydroxylation is 1. The molecule has 0 fully saturated rings. The Morgan fingerprint density at radius 3 is 2.77 bits per heavy atom. The summed E-state index contributed by atoms with van der Waals surface area (Å²) >= 11 is 0. The quantitative estimate of drug-likeness (QED) is 0.226. The third kappa shape index (κ3) is 4.11. The lowest BCUT2D eigenvalue weighted by atomic mass is 9.99. The monoisotopic (exact) mass is 404 g/mol. The Labute approximate surface area is 174 Å². The maximum absolute atomic E-state index is 11.8. The minimum absolute atomic E-state index is 0.105. The molecule has 0 saturated carbocycles. The summed E-state index contributed by atoms with van der Waals surface area (Å²) in [6.45, 7) is 4.71. The van der Waals surface area contributed by atoms with Crippen molar-refractivity contribution in [3.05, 3.63) is 83.2 Å². The second kappa shape index (κ2) is 8.92. The Kier molecular flexibility index (Phi) is 5.90. The maximum Gasteiger partial charge on any atom is 0.294 e. The fraction of sp³-hybridized carbons (Fsp3) is 0.261. The van der Waals surface area contributed by atoms with Crippen LogP contribution in [0.4, 0.5) is 5.69 Å². The van der Waals surface area contributed by atoms with Crippen molar-refractivity contribution in [1.82, 2.24) is 14.1 Å². The van der Waals surface area contributed by atoms with Gasteiger partial charge in [0, 0.05) is 32.2 Å². The molecule has 0 radical (unpaired) electrons. The smallest absolute Gasteiger partial charge is 0.294 e. The summed E-state index contributed by atoms with van der Waals surface area (Å²) in [7, 11) is 0. The molecule has 2 heterocycles. The molecule has 0 atom stereocenters. The van der Waals surface area contributed by atoms with Gasteiger partial charge in [0.25, 0.3) is 5.69 Å². The van der Waals surface area contributed by atoms with Crippen LogP contribution in [-0.4, -0.2) is 32.3 Å². The minimum atomic E-state index is -0.313. The highest BCUT2D eigenvalue weighted by molar-refractivity contribution is 5.98. The van der Waals surface area contributed by atoms with Gasteiger partial charge in [0.15, 0.2) is 0 Å². The number of hydrogen-bond donors (Lipinski definition) is 0. The van der Waals surface area contributed by atoms with E-state index in [1.807, 2.05) is 66.3 Å². The molecular formula is C23H24N4O3. The fourth-order valence-corrected chi connectivity index (χ4v) is 3.75. The van der Waals surface area contributed by atoms with Crippen molar-refractivity contribution in [3.8, 4) is 11.1 Å². The van der Waals surface area contributed by atoms with Crippen LogP contribution in [0.2, 0.25) is 0 Å². The SMILES string of the molecule is CCOCCCn1cncc1Cn1cc(-c2cccc3ccccc23)c([N+](=O)[O-])c1. The summed E-state index contributed by atoms with van der Waals surface area (Å²) in [5.41, 5.74) is 2.60. The van der Waals surface area contributed by atoms with E-state index in [0.717, 1.165) is 35.0 Å². The molecule has 0 saturated heterocycles. The Morgan fingerprint density at radius 1 is 1.10 bits per heavy atom. The first-order valence-corrected chi connectivity index (χ1v) is 10.1. The van der Waals surface area contributed by atoms with Crippen molar-refractivity contribution >= 4 is 16.5 Å². The van der Waals surface area contributed by atoms with Gasteiger partial charge in [0.1, 0.15) is 0 Å². The number of imidazole rings is 1. The molecule has 0 spiro atoms. The summed E-state index contributed by atoms with van der Waals surface area (Å²) in [4.78, 5) is 15.7. The molecular weight excluding hydrogens is 380 g/mol. The average Bonchev–Trinajstić information content (AvgIpc) is 3.38. The zero-order valence-electron chi connectivity index (χ0n) is 16.9. The molecule has 0 aliphatic carbocycles. The molecule has 7 heteroatoms. The number of benzene rings is 2. The topological polar surface area (TPSA) is 75.1 Å². The molecule has 0 bridgehead atoms. The van der Waals surface area contributed by atoms with E-state index < -0.39 is 0 Å². The van der Waals surface area contributed by atoms with Gasteiger partial charge >= 0.3 is 0 Å². The Hall–Kier alpha value is -3.45. The van der Waals surface area contributed by atoms with Crippen LogP contribution in [0.5, 0.6) is 0 Å². The van der Waals surface area contributed by atoms with E-state index in [4.69, 9.17) is 4.74 Å². The predicted molar refractivity (Wildman–Crippen MR) is 116 cm³/mol. The first kappa shape index (κ1) is 19.8. The summed E-state index contributed by atoms with van der Waals surface area (Å²) < 4.78 is 9.34. The van der Waals surface area contributed by atoms with E-state index in [-0.39, 0.29) is 10.6 Å². The first-order valence-electron chi connectivity index (χ1n) is 10.1. The predicted octanol–water partition coefficient (Wildman–Crippen LogP) is 4.89. The summed E-state index contributed by atoms with van der Waals surface area (Å²) in [6.07, 6.45) is 7.96. The third-order valence-electron chi connectivity index (χ3n) is 5.17. The van der Waals surface area contributed by atoms with Crippen LogP contribution in [-0.2, 0) is 17.8 Å². The van der Waals surface area contributed by atoms with Gasteiger partial charge in [-0.1, -0.05) is 42.5 Å².